The summed E-state index contributed by atoms with van der Waals surface area (Å²) in [6, 6.07) is 8.19. The lowest BCUT2D eigenvalue weighted by Gasteiger charge is -2.31. The number of imidazole rings is 1. The number of likely N-dealkylation sites (tertiary alicyclic amines) is 1. The van der Waals surface area contributed by atoms with Crippen molar-refractivity contribution in [1.29, 1.82) is 0 Å². The van der Waals surface area contributed by atoms with Gasteiger partial charge in [-0.25, -0.2) is 4.98 Å². The molecule has 5 nitrogen and oxygen atoms in total. The molecule has 124 valence electrons. The monoisotopic (exact) mass is 322 g/mol. The van der Waals surface area contributed by atoms with E-state index in [1.165, 1.54) is 5.56 Å². The van der Waals surface area contributed by atoms with Crippen LogP contribution in [0.2, 0.25) is 0 Å². The number of aromatic amines is 1. The first-order valence-electron chi connectivity index (χ1n) is 8.53. The molecule has 0 atom stereocenters. The van der Waals surface area contributed by atoms with Gasteiger partial charge in [-0.15, -0.1) is 0 Å². The second kappa shape index (κ2) is 6.15. The van der Waals surface area contributed by atoms with E-state index < -0.39 is 0 Å². The molecule has 3 aromatic rings. The zero-order valence-electron chi connectivity index (χ0n) is 13.9. The van der Waals surface area contributed by atoms with Crippen LogP contribution in [-0.2, 0) is 6.54 Å². The van der Waals surface area contributed by atoms with Crippen LogP contribution in [0.5, 0.6) is 0 Å². The molecule has 1 fully saturated rings. The van der Waals surface area contributed by atoms with Crippen LogP contribution in [0.15, 0.2) is 43.0 Å². The number of fused-ring (bicyclic) bond motifs is 1. The lowest BCUT2D eigenvalue weighted by atomic mass is 9.96. The van der Waals surface area contributed by atoms with Crippen LogP contribution in [0.4, 0.5) is 0 Å². The van der Waals surface area contributed by atoms with E-state index in [1.807, 2.05) is 29.7 Å². The lowest BCUT2D eigenvalue weighted by Crippen LogP contribution is -2.39. The summed E-state index contributed by atoms with van der Waals surface area (Å²) in [6.45, 7) is 4.71. The normalized spacial score (nSPS) is 16.0. The molecule has 1 aromatic carbocycles. The minimum Gasteiger partial charge on any atom is -0.351 e. The number of benzene rings is 1. The third-order valence-corrected chi connectivity index (χ3v) is 4.94. The molecule has 24 heavy (non-hydrogen) atoms. The van der Waals surface area contributed by atoms with Crippen LogP contribution in [0.3, 0.4) is 0 Å². The number of amides is 1. The maximum atomic E-state index is 12.8. The Labute approximate surface area is 141 Å². The van der Waals surface area contributed by atoms with Crippen LogP contribution in [-0.4, -0.2) is 38.4 Å². The summed E-state index contributed by atoms with van der Waals surface area (Å²) in [5, 5.41) is 1.10. The molecule has 4 rings (SSSR count). The Balaban J connectivity index is 1.41. The Morgan fingerprint density at radius 2 is 2.12 bits per heavy atom. The summed E-state index contributed by atoms with van der Waals surface area (Å²) in [5.41, 5.74) is 2.93. The summed E-state index contributed by atoms with van der Waals surface area (Å²) >= 11 is 0. The van der Waals surface area contributed by atoms with Crippen molar-refractivity contribution in [2.75, 3.05) is 13.1 Å². The Kier molecular flexibility index (Phi) is 3.84. The molecule has 0 saturated carbocycles. The van der Waals surface area contributed by atoms with Crippen molar-refractivity contribution in [1.82, 2.24) is 19.4 Å². The molecule has 1 amide bonds. The standard InChI is InChI=1S/C19H22N4O/c1-14-2-3-16-11-18(21-17(16)10-14)19(24)23-7-4-15(5-8-23)12-22-9-6-20-13-22/h2-3,6,9-11,13,15,21H,4-5,7-8,12H2,1H3. The van der Waals surface area contributed by atoms with Crippen LogP contribution in [0, 0.1) is 12.8 Å². The summed E-state index contributed by atoms with van der Waals surface area (Å²) in [6.07, 6.45) is 7.77. The molecular weight excluding hydrogens is 300 g/mol. The Bertz CT molecular complexity index is 842. The second-order valence-electron chi connectivity index (χ2n) is 6.77. The number of hydrogen-bond donors (Lipinski definition) is 1. The molecule has 1 saturated heterocycles. The van der Waals surface area contributed by atoms with Crippen molar-refractivity contribution in [3.8, 4) is 0 Å². The van der Waals surface area contributed by atoms with E-state index in [4.69, 9.17) is 0 Å². The number of carbonyl (C=O) groups is 1. The number of H-pyrrole nitrogens is 1. The van der Waals surface area contributed by atoms with E-state index >= 15 is 0 Å². The number of rotatable bonds is 3. The fourth-order valence-corrected chi connectivity index (χ4v) is 3.54. The molecule has 5 heteroatoms. The number of nitrogens with zero attached hydrogens (tertiary/aromatic N) is 3. The summed E-state index contributed by atoms with van der Waals surface area (Å²) in [5.74, 6) is 0.735. The maximum absolute atomic E-state index is 12.8. The third-order valence-electron chi connectivity index (χ3n) is 4.94. The minimum absolute atomic E-state index is 0.116. The van der Waals surface area contributed by atoms with Gasteiger partial charge in [0.2, 0.25) is 0 Å². The summed E-state index contributed by atoms with van der Waals surface area (Å²) < 4.78 is 2.13. The number of aryl methyl sites for hydroxylation is 1. The average molecular weight is 322 g/mol. The van der Waals surface area contributed by atoms with E-state index in [2.05, 4.69) is 39.7 Å². The second-order valence-corrected chi connectivity index (χ2v) is 6.77. The fourth-order valence-electron chi connectivity index (χ4n) is 3.54. The third kappa shape index (κ3) is 2.94. The molecule has 0 radical (unpaired) electrons. The van der Waals surface area contributed by atoms with Gasteiger partial charge in [-0.05, 0) is 43.4 Å². The predicted octanol–water partition coefficient (Wildman–Crippen LogP) is 3.23. The molecule has 1 aliphatic heterocycles. The van der Waals surface area contributed by atoms with Crippen LogP contribution in [0.1, 0.15) is 28.9 Å². The first-order valence-corrected chi connectivity index (χ1v) is 8.53. The SMILES string of the molecule is Cc1ccc2cc(C(=O)N3CCC(Cn4ccnc4)CC3)[nH]c2c1. The number of nitrogens with one attached hydrogen (secondary N) is 1. The van der Waals surface area contributed by atoms with Crippen LogP contribution < -0.4 is 0 Å². The Morgan fingerprint density at radius 3 is 2.88 bits per heavy atom. The van der Waals surface area contributed by atoms with Crippen molar-refractivity contribution in [2.24, 2.45) is 5.92 Å². The molecular formula is C19H22N4O. The molecule has 0 aliphatic carbocycles. The van der Waals surface area contributed by atoms with E-state index in [0.717, 1.165) is 43.4 Å². The number of hydrogen-bond acceptors (Lipinski definition) is 2. The molecule has 0 spiro atoms. The molecule has 1 N–H and O–H groups in total. The van der Waals surface area contributed by atoms with E-state index in [-0.39, 0.29) is 5.91 Å². The first kappa shape index (κ1) is 15.0. The van der Waals surface area contributed by atoms with Gasteiger partial charge in [0.05, 0.1) is 6.33 Å². The zero-order chi connectivity index (χ0) is 16.5. The first-order chi connectivity index (χ1) is 11.7. The van der Waals surface area contributed by atoms with E-state index in [1.54, 1.807) is 0 Å². The van der Waals surface area contributed by atoms with Gasteiger partial charge in [0, 0.05) is 42.9 Å². The predicted molar refractivity (Wildman–Crippen MR) is 93.9 cm³/mol. The van der Waals surface area contributed by atoms with Crippen molar-refractivity contribution in [3.63, 3.8) is 0 Å². The number of piperidine rings is 1. The molecule has 0 bridgehead atoms. The van der Waals surface area contributed by atoms with Gasteiger partial charge >= 0.3 is 0 Å². The zero-order valence-corrected chi connectivity index (χ0v) is 13.9. The minimum atomic E-state index is 0.116. The van der Waals surface area contributed by atoms with Crippen molar-refractivity contribution in [3.05, 3.63) is 54.2 Å². The maximum Gasteiger partial charge on any atom is 0.270 e. The smallest absolute Gasteiger partial charge is 0.270 e. The van der Waals surface area contributed by atoms with Gasteiger partial charge in [-0.1, -0.05) is 12.1 Å². The van der Waals surface area contributed by atoms with E-state index in [9.17, 15) is 4.79 Å². The van der Waals surface area contributed by atoms with Crippen LogP contribution >= 0.6 is 0 Å². The fraction of sp³-hybridized carbons (Fsp3) is 0.368. The largest absolute Gasteiger partial charge is 0.351 e. The van der Waals surface area contributed by atoms with Crippen molar-refractivity contribution < 1.29 is 4.79 Å². The highest BCUT2D eigenvalue weighted by atomic mass is 16.2. The van der Waals surface area contributed by atoms with Crippen molar-refractivity contribution >= 4 is 16.8 Å². The van der Waals surface area contributed by atoms with Gasteiger partial charge < -0.3 is 14.5 Å². The molecule has 3 heterocycles. The average Bonchev–Trinajstić information content (AvgIpc) is 3.24. The topological polar surface area (TPSA) is 53.9 Å². The van der Waals surface area contributed by atoms with Crippen LogP contribution in [0.25, 0.3) is 10.9 Å². The highest BCUT2D eigenvalue weighted by Crippen LogP contribution is 2.22. The van der Waals surface area contributed by atoms with Gasteiger partial charge in [0.15, 0.2) is 0 Å². The number of aromatic nitrogens is 3. The molecule has 2 aromatic heterocycles. The Morgan fingerprint density at radius 1 is 1.29 bits per heavy atom. The highest BCUT2D eigenvalue weighted by molar-refractivity contribution is 5.98. The lowest BCUT2D eigenvalue weighted by molar-refractivity contribution is 0.0678. The number of carbonyl (C=O) groups excluding carboxylic acids is 1. The van der Waals surface area contributed by atoms with E-state index in [0.29, 0.717) is 11.6 Å². The van der Waals surface area contributed by atoms with Gasteiger partial charge in [-0.2, -0.15) is 0 Å². The highest BCUT2D eigenvalue weighted by Gasteiger charge is 2.24. The summed E-state index contributed by atoms with van der Waals surface area (Å²) in [7, 11) is 0. The van der Waals surface area contributed by atoms with Crippen molar-refractivity contribution in [2.45, 2.75) is 26.3 Å². The summed E-state index contributed by atoms with van der Waals surface area (Å²) in [4.78, 5) is 22.1. The molecule has 1 aliphatic rings. The quantitative estimate of drug-likeness (QED) is 0.805. The van der Waals surface area contributed by atoms with Gasteiger partial charge in [-0.3, -0.25) is 4.79 Å². The van der Waals surface area contributed by atoms with Gasteiger partial charge in [0.25, 0.3) is 5.91 Å². The van der Waals surface area contributed by atoms with Gasteiger partial charge in [0.1, 0.15) is 5.69 Å². The Hall–Kier alpha value is -2.56. The molecule has 0 unspecified atom stereocenters.